The first-order chi connectivity index (χ1) is 7.79. The molecule has 0 atom stereocenters. The molecule has 2 aromatic heterocycles. The Morgan fingerprint density at radius 3 is 3.06 bits per heavy atom. The van der Waals surface area contributed by atoms with E-state index in [1.54, 1.807) is 17.9 Å². The van der Waals surface area contributed by atoms with E-state index < -0.39 is 0 Å². The third-order valence-electron chi connectivity index (χ3n) is 2.38. The average Bonchev–Trinajstić information content (AvgIpc) is 2.72. The van der Waals surface area contributed by atoms with Crippen LogP contribution in [0.4, 0.5) is 5.95 Å². The van der Waals surface area contributed by atoms with Gasteiger partial charge in [0.25, 0.3) is 0 Å². The summed E-state index contributed by atoms with van der Waals surface area (Å²) >= 11 is 6.15. The highest BCUT2D eigenvalue weighted by Gasteiger charge is 2.09. The standard InChI is InChI=1S/C10H8ClN5/c1-12-10-14-9-8-6(11)3-2-4-7(8)13-5-16(9)15-10/h2-5H,1H3,(H,12,15). The molecule has 1 aromatic carbocycles. The largest absolute Gasteiger partial charge is 0.356 e. The fraction of sp³-hybridized carbons (Fsp3) is 0.100. The van der Waals surface area contributed by atoms with Gasteiger partial charge in [0.1, 0.15) is 6.33 Å². The van der Waals surface area contributed by atoms with E-state index in [1.807, 2.05) is 18.2 Å². The number of hydrogen-bond acceptors (Lipinski definition) is 4. The van der Waals surface area contributed by atoms with Gasteiger partial charge in [0, 0.05) is 7.05 Å². The molecule has 3 aromatic rings. The van der Waals surface area contributed by atoms with Crippen LogP contribution in [0.2, 0.25) is 5.02 Å². The van der Waals surface area contributed by atoms with Gasteiger partial charge in [0.15, 0.2) is 5.65 Å². The summed E-state index contributed by atoms with van der Waals surface area (Å²) in [6.07, 6.45) is 1.63. The summed E-state index contributed by atoms with van der Waals surface area (Å²) in [7, 11) is 1.77. The van der Waals surface area contributed by atoms with Crippen LogP contribution in [0.5, 0.6) is 0 Å². The molecule has 0 aliphatic heterocycles. The molecule has 0 bridgehead atoms. The van der Waals surface area contributed by atoms with Gasteiger partial charge in [-0.3, -0.25) is 0 Å². The third-order valence-corrected chi connectivity index (χ3v) is 2.69. The van der Waals surface area contributed by atoms with Crippen LogP contribution in [0.3, 0.4) is 0 Å². The molecule has 0 amide bonds. The molecule has 0 unspecified atom stereocenters. The van der Waals surface area contributed by atoms with E-state index in [0.717, 1.165) is 10.9 Å². The second-order valence-corrected chi connectivity index (χ2v) is 3.74. The molecular formula is C10H8ClN5. The van der Waals surface area contributed by atoms with Gasteiger partial charge in [-0.1, -0.05) is 17.7 Å². The van der Waals surface area contributed by atoms with Crippen LogP contribution in [0, 0.1) is 0 Å². The molecule has 2 heterocycles. The van der Waals surface area contributed by atoms with Gasteiger partial charge in [-0.05, 0) is 12.1 Å². The number of benzene rings is 1. The zero-order chi connectivity index (χ0) is 11.1. The van der Waals surface area contributed by atoms with Crippen LogP contribution in [0.25, 0.3) is 16.6 Å². The van der Waals surface area contributed by atoms with Gasteiger partial charge >= 0.3 is 0 Å². The lowest BCUT2D eigenvalue weighted by atomic mass is 10.2. The summed E-state index contributed by atoms with van der Waals surface area (Å²) in [5.74, 6) is 0.550. The smallest absolute Gasteiger partial charge is 0.242 e. The number of aromatic nitrogens is 4. The van der Waals surface area contributed by atoms with Gasteiger partial charge in [0.05, 0.1) is 15.9 Å². The normalized spacial score (nSPS) is 11.1. The maximum absolute atomic E-state index is 6.15. The summed E-state index contributed by atoms with van der Waals surface area (Å²) in [5.41, 5.74) is 1.52. The molecule has 5 nitrogen and oxygen atoms in total. The molecule has 0 fully saturated rings. The Balaban J connectivity index is 2.51. The van der Waals surface area contributed by atoms with Gasteiger partial charge in [-0.25, -0.2) is 4.98 Å². The van der Waals surface area contributed by atoms with Gasteiger partial charge in [0.2, 0.25) is 5.95 Å². The van der Waals surface area contributed by atoms with E-state index in [-0.39, 0.29) is 0 Å². The molecule has 0 aliphatic carbocycles. The van der Waals surface area contributed by atoms with Gasteiger partial charge in [-0.15, -0.1) is 5.10 Å². The minimum atomic E-state index is 0.550. The van der Waals surface area contributed by atoms with Crippen molar-refractivity contribution in [2.75, 3.05) is 12.4 Å². The van der Waals surface area contributed by atoms with Crippen LogP contribution in [-0.2, 0) is 0 Å². The molecule has 80 valence electrons. The van der Waals surface area contributed by atoms with Crippen molar-refractivity contribution in [3.8, 4) is 0 Å². The fourth-order valence-corrected chi connectivity index (χ4v) is 1.89. The maximum atomic E-state index is 6.15. The molecule has 0 radical (unpaired) electrons. The molecule has 0 saturated heterocycles. The Bertz CT molecular complexity index is 675. The van der Waals surface area contributed by atoms with E-state index in [9.17, 15) is 0 Å². The number of rotatable bonds is 1. The minimum absolute atomic E-state index is 0.550. The van der Waals surface area contributed by atoms with Crippen molar-refractivity contribution in [3.05, 3.63) is 29.5 Å². The van der Waals surface area contributed by atoms with Crippen LogP contribution in [0.1, 0.15) is 0 Å². The Kier molecular flexibility index (Phi) is 1.94. The van der Waals surface area contributed by atoms with Crippen molar-refractivity contribution in [1.82, 2.24) is 19.6 Å². The van der Waals surface area contributed by atoms with E-state index >= 15 is 0 Å². The van der Waals surface area contributed by atoms with Crippen LogP contribution in [0.15, 0.2) is 24.5 Å². The molecule has 0 saturated carbocycles. The highest BCUT2D eigenvalue weighted by atomic mass is 35.5. The second kappa shape index (κ2) is 3.31. The van der Waals surface area contributed by atoms with E-state index in [1.165, 1.54) is 0 Å². The number of hydrogen-bond donors (Lipinski definition) is 1. The Morgan fingerprint density at radius 2 is 2.25 bits per heavy atom. The predicted octanol–water partition coefficient (Wildman–Crippen LogP) is 1.97. The van der Waals surface area contributed by atoms with Crippen LogP contribution >= 0.6 is 11.6 Å². The molecule has 0 aliphatic rings. The Labute approximate surface area is 96.1 Å². The van der Waals surface area contributed by atoms with Gasteiger partial charge < -0.3 is 5.32 Å². The van der Waals surface area contributed by atoms with Crippen molar-refractivity contribution in [2.24, 2.45) is 0 Å². The zero-order valence-electron chi connectivity index (χ0n) is 8.48. The number of nitrogens with one attached hydrogen (secondary N) is 1. The predicted molar refractivity (Wildman–Crippen MR) is 62.8 cm³/mol. The molecule has 3 rings (SSSR count). The molecule has 1 N–H and O–H groups in total. The third kappa shape index (κ3) is 1.22. The lowest BCUT2D eigenvalue weighted by Crippen LogP contribution is -1.92. The van der Waals surface area contributed by atoms with Crippen molar-refractivity contribution in [3.63, 3.8) is 0 Å². The fourth-order valence-electron chi connectivity index (χ4n) is 1.64. The number of anilines is 1. The molecule has 0 spiro atoms. The summed E-state index contributed by atoms with van der Waals surface area (Å²) in [6, 6.07) is 5.58. The minimum Gasteiger partial charge on any atom is -0.356 e. The van der Waals surface area contributed by atoms with Crippen molar-refractivity contribution < 1.29 is 0 Å². The van der Waals surface area contributed by atoms with Crippen LogP contribution in [-0.4, -0.2) is 26.6 Å². The molecule has 6 heteroatoms. The topological polar surface area (TPSA) is 55.1 Å². The highest BCUT2D eigenvalue weighted by molar-refractivity contribution is 6.36. The number of halogens is 1. The van der Waals surface area contributed by atoms with E-state index in [0.29, 0.717) is 16.6 Å². The van der Waals surface area contributed by atoms with E-state index in [2.05, 4.69) is 20.4 Å². The first-order valence-corrected chi connectivity index (χ1v) is 5.15. The second-order valence-electron chi connectivity index (χ2n) is 3.33. The van der Waals surface area contributed by atoms with Crippen molar-refractivity contribution in [2.45, 2.75) is 0 Å². The number of fused-ring (bicyclic) bond motifs is 3. The first-order valence-electron chi connectivity index (χ1n) is 4.77. The summed E-state index contributed by atoms with van der Waals surface area (Å²) in [6.45, 7) is 0. The Morgan fingerprint density at radius 1 is 1.38 bits per heavy atom. The summed E-state index contributed by atoms with van der Waals surface area (Å²) < 4.78 is 1.61. The lowest BCUT2D eigenvalue weighted by molar-refractivity contribution is 0.936. The monoisotopic (exact) mass is 233 g/mol. The molecule has 16 heavy (non-hydrogen) atoms. The highest BCUT2D eigenvalue weighted by Crippen LogP contribution is 2.25. The lowest BCUT2D eigenvalue weighted by Gasteiger charge is -1.99. The quantitative estimate of drug-likeness (QED) is 0.698. The average molecular weight is 234 g/mol. The van der Waals surface area contributed by atoms with Crippen molar-refractivity contribution in [1.29, 1.82) is 0 Å². The van der Waals surface area contributed by atoms with Crippen molar-refractivity contribution >= 4 is 34.1 Å². The van der Waals surface area contributed by atoms with Gasteiger partial charge in [-0.2, -0.15) is 9.50 Å². The summed E-state index contributed by atoms with van der Waals surface area (Å²) in [4.78, 5) is 8.60. The van der Waals surface area contributed by atoms with E-state index in [4.69, 9.17) is 11.6 Å². The number of nitrogens with zero attached hydrogens (tertiary/aromatic N) is 4. The SMILES string of the molecule is CNc1nc2c3c(Cl)cccc3ncn2n1. The summed E-state index contributed by atoms with van der Waals surface area (Å²) in [5, 5.41) is 8.53. The first kappa shape index (κ1) is 9.35. The maximum Gasteiger partial charge on any atom is 0.242 e. The molecular weight excluding hydrogens is 226 g/mol. The Hall–Kier alpha value is -1.88. The zero-order valence-corrected chi connectivity index (χ0v) is 9.23. The van der Waals surface area contributed by atoms with Crippen LogP contribution < -0.4 is 5.32 Å².